The summed E-state index contributed by atoms with van der Waals surface area (Å²) in [6, 6.07) is 6.51. The first-order valence-electron chi connectivity index (χ1n) is 11.3. The van der Waals surface area contributed by atoms with Gasteiger partial charge in [0.15, 0.2) is 22.8 Å². The Balaban J connectivity index is 1.44. The van der Waals surface area contributed by atoms with Crippen molar-refractivity contribution >= 4 is 41.1 Å². The molecule has 2 amide bonds. The van der Waals surface area contributed by atoms with Crippen molar-refractivity contribution in [3.05, 3.63) is 48.2 Å². The highest BCUT2D eigenvalue weighted by Gasteiger charge is 2.43. The van der Waals surface area contributed by atoms with Gasteiger partial charge in [0.1, 0.15) is 11.4 Å². The van der Waals surface area contributed by atoms with Crippen molar-refractivity contribution in [3.8, 4) is 5.75 Å². The Labute approximate surface area is 201 Å². The number of carbonyl (C=O) groups excluding carboxylic acids is 3. The average molecular weight is 488 g/mol. The number of thiocarbonyl (C=S) groups is 1. The van der Waals surface area contributed by atoms with Crippen LogP contribution >= 0.6 is 12.2 Å². The van der Waals surface area contributed by atoms with Gasteiger partial charge in [0, 0.05) is 12.6 Å². The van der Waals surface area contributed by atoms with Crippen LogP contribution in [0.25, 0.3) is 0 Å². The van der Waals surface area contributed by atoms with Crippen molar-refractivity contribution < 1.29 is 27.9 Å². The molecule has 1 unspecified atom stereocenters. The van der Waals surface area contributed by atoms with Gasteiger partial charge in [0.25, 0.3) is 5.91 Å². The second kappa shape index (κ2) is 10.3. The minimum Gasteiger partial charge on any atom is -0.459 e. The molecular weight excluding hydrogens is 461 g/mol. The van der Waals surface area contributed by atoms with Crippen LogP contribution in [0.4, 0.5) is 10.1 Å². The van der Waals surface area contributed by atoms with Crippen LogP contribution in [0.1, 0.15) is 49.1 Å². The van der Waals surface area contributed by atoms with E-state index >= 15 is 0 Å². The molecule has 10 heteroatoms. The van der Waals surface area contributed by atoms with Crippen LogP contribution in [0, 0.1) is 5.82 Å². The van der Waals surface area contributed by atoms with E-state index in [4.69, 9.17) is 21.4 Å². The molecule has 1 aromatic carbocycles. The first-order valence-corrected chi connectivity index (χ1v) is 11.7. The number of ketones is 1. The second-order valence-electron chi connectivity index (χ2n) is 8.60. The third kappa shape index (κ3) is 5.11. The fourth-order valence-electron chi connectivity index (χ4n) is 4.62. The molecule has 2 heterocycles. The van der Waals surface area contributed by atoms with Gasteiger partial charge in [0.2, 0.25) is 5.91 Å². The lowest BCUT2D eigenvalue weighted by Crippen LogP contribution is -2.63. The Hall–Kier alpha value is -3.27. The van der Waals surface area contributed by atoms with E-state index in [-0.39, 0.29) is 29.7 Å². The molecule has 1 atom stereocenters. The monoisotopic (exact) mass is 487 g/mol. The second-order valence-corrected chi connectivity index (χ2v) is 8.80. The van der Waals surface area contributed by atoms with Gasteiger partial charge in [-0.3, -0.25) is 14.4 Å². The normalized spacial score (nSPS) is 19.9. The maximum atomic E-state index is 13.6. The number of nitrogens with one attached hydrogen (secondary N) is 2. The maximum absolute atomic E-state index is 13.6. The maximum Gasteiger partial charge on any atom is 0.287 e. The van der Waals surface area contributed by atoms with Crippen molar-refractivity contribution in [2.24, 2.45) is 0 Å². The molecule has 34 heavy (non-hydrogen) atoms. The lowest BCUT2D eigenvalue weighted by molar-refractivity contribution is -0.133. The molecule has 1 aliphatic heterocycles. The number of Topliss-reactive ketones (excluding diaryl/α,β-unsaturated/α-hetero) is 1. The average Bonchev–Trinajstić information content (AvgIpc) is 3.37. The topological polar surface area (TPSA) is 101 Å². The number of nitrogens with zero attached hydrogens (tertiary/aromatic N) is 1. The van der Waals surface area contributed by atoms with Gasteiger partial charge in [-0.2, -0.15) is 0 Å². The molecule has 0 bridgehead atoms. The molecule has 0 spiro atoms. The van der Waals surface area contributed by atoms with E-state index in [0.717, 1.165) is 24.8 Å². The minimum atomic E-state index is -1.09. The van der Waals surface area contributed by atoms with Crippen molar-refractivity contribution in [3.63, 3.8) is 0 Å². The largest absolute Gasteiger partial charge is 0.459 e. The molecule has 1 aliphatic carbocycles. The number of ether oxygens (including phenoxy) is 1. The Morgan fingerprint density at radius 1 is 1.24 bits per heavy atom. The number of piperidine rings is 1. The highest BCUT2D eigenvalue weighted by Crippen LogP contribution is 2.32. The van der Waals surface area contributed by atoms with E-state index in [1.54, 1.807) is 17.0 Å². The summed E-state index contributed by atoms with van der Waals surface area (Å²) < 4.78 is 24.0. The fourth-order valence-corrected chi connectivity index (χ4v) is 4.73. The number of carbonyl (C=O) groups is 3. The molecule has 8 nitrogen and oxygen atoms in total. The van der Waals surface area contributed by atoms with Crippen LogP contribution in [-0.4, -0.2) is 47.8 Å². The lowest BCUT2D eigenvalue weighted by atomic mass is 9.80. The van der Waals surface area contributed by atoms with E-state index in [1.807, 2.05) is 0 Å². The third-order valence-electron chi connectivity index (χ3n) is 6.41. The van der Waals surface area contributed by atoms with Gasteiger partial charge in [0.05, 0.1) is 24.5 Å². The number of hydrogen-bond acceptors (Lipinski definition) is 7. The fraction of sp³-hybridized carbons (Fsp3) is 0.417. The van der Waals surface area contributed by atoms with Crippen molar-refractivity contribution in [2.75, 3.05) is 18.0 Å². The summed E-state index contributed by atoms with van der Waals surface area (Å²) >= 11 is 4.72. The Bertz CT molecular complexity index is 1070. The van der Waals surface area contributed by atoms with E-state index < -0.39 is 23.3 Å². The summed E-state index contributed by atoms with van der Waals surface area (Å²) in [4.78, 5) is 40.7. The molecule has 1 saturated carbocycles. The molecule has 2 N–H and O–H groups in total. The number of hydrogen-bond donors (Lipinski definition) is 2. The van der Waals surface area contributed by atoms with Crippen LogP contribution < -0.4 is 20.3 Å². The minimum absolute atomic E-state index is 0.0239. The van der Waals surface area contributed by atoms with Gasteiger partial charge in [-0.05, 0) is 55.7 Å². The molecule has 0 radical (unpaired) electrons. The zero-order valence-corrected chi connectivity index (χ0v) is 19.4. The summed E-state index contributed by atoms with van der Waals surface area (Å²) in [6.07, 6.45) is 5.32. The lowest BCUT2D eigenvalue weighted by Gasteiger charge is -2.39. The predicted octanol–water partition coefficient (Wildman–Crippen LogP) is 3.15. The molecule has 2 fully saturated rings. The summed E-state index contributed by atoms with van der Waals surface area (Å²) in [5.74, 6) is -1.10. The number of furan rings is 1. The van der Waals surface area contributed by atoms with Crippen LogP contribution in [0.15, 0.2) is 41.0 Å². The highest BCUT2D eigenvalue weighted by atomic mass is 32.1. The van der Waals surface area contributed by atoms with Gasteiger partial charge in [-0.15, -0.1) is 0 Å². The smallest absolute Gasteiger partial charge is 0.287 e. The quantitative estimate of drug-likeness (QED) is 0.579. The molecule has 1 aromatic heterocycles. The first-order chi connectivity index (χ1) is 16.4. The standard InChI is InChI=1S/C24H26FN3O5S/c25-16-6-7-18(21(13-16)33-15-34)28-11-8-17(19(29)14-28)26-23(31)24(9-2-1-3-10-24)27-22(30)20-5-4-12-32-20/h4-7,12-13,15,17H,1-3,8-11,14H2,(H,26,31)(H,27,30). The van der Waals surface area contributed by atoms with E-state index in [1.165, 1.54) is 24.5 Å². The Morgan fingerprint density at radius 2 is 2.03 bits per heavy atom. The summed E-state index contributed by atoms with van der Waals surface area (Å²) in [6.45, 7) is 0.470. The predicted molar refractivity (Wildman–Crippen MR) is 126 cm³/mol. The molecule has 1 saturated heterocycles. The molecule has 2 aromatic rings. The van der Waals surface area contributed by atoms with Gasteiger partial charge in [-0.25, -0.2) is 4.39 Å². The van der Waals surface area contributed by atoms with Crippen molar-refractivity contribution in [2.45, 2.75) is 50.1 Å². The van der Waals surface area contributed by atoms with Gasteiger partial charge in [-0.1, -0.05) is 19.3 Å². The zero-order chi connectivity index (χ0) is 24.1. The van der Waals surface area contributed by atoms with E-state index in [9.17, 15) is 18.8 Å². The zero-order valence-electron chi connectivity index (χ0n) is 18.6. The summed E-state index contributed by atoms with van der Waals surface area (Å²) in [7, 11) is 0. The Morgan fingerprint density at radius 3 is 2.71 bits per heavy atom. The highest BCUT2D eigenvalue weighted by molar-refractivity contribution is 7.78. The van der Waals surface area contributed by atoms with Crippen LogP contribution in [0.5, 0.6) is 5.75 Å². The number of rotatable bonds is 7. The number of anilines is 1. The van der Waals surface area contributed by atoms with Crippen molar-refractivity contribution in [1.29, 1.82) is 0 Å². The van der Waals surface area contributed by atoms with Crippen molar-refractivity contribution in [1.82, 2.24) is 10.6 Å². The van der Waals surface area contributed by atoms with Gasteiger partial charge >= 0.3 is 0 Å². The Kier molecular flexibility index (Phi) is 7.26. The third-order valence-corrected chi connectivity index (χ3v) is 6.50. The van der Waals surface area contributed by atoms with Crippen LogP contribution in [0.2, 0.25) is 0 Å². The van der Waals surface area contributed by atoms with E-state index in [2.05, 4.69) is 10.6 Å². The number of halogens is 1. The van der Waals surface area contributed by atoms with Gasteiger partial charge < -0.3 is 24.7 Å². The van der Waals surface area contributed by atoms with Crippen LogP contribution in [0.3, 0.4) is 0 Å². The number of benzene rings is 1. The number of amides is 2. The van der Waals surface area contributed by atoms with Crippen LogP contribution in [-0.2, 0) is 9.59 Å². The first kappa shape index (κ1) is 23.9. The molecular formula is C24H26FN3O5S. The molecule has 4 rings (SSSR count). The molecule has 180 valence electrons. The molecule has 2 aliphatic rings. The summed E-state index contributed by atoms with van der Waals surface area (Å²) in [5, 5.41) is 5.74. The van der Waals surface area contributed by atoms with E-state index in [0.29, 0.717) is 31.5 Å². The summed E-state index contributed by atoms with van der Waals surface area (Å²) in [5.41, 5.74) is 0.500. The SMILES string of the molecule is O=C(NC1(C(=O)NC2CCN(c3ccc(F)cc3OC=S)CC2=O)CCCCC1)c1ccco1.